The van der Waals surface area contributed by atoms with Crippen molar-refractivity contribution in [1.29, 1.82) is 0 Å². The first-order chi connectivity index (χ1) is 11.5. The predicted octanol–water partition coefficient (Wildman–Crippen LogP) is 3.50. The van der Waals surface area contributed by atoms with Gasteiger partial charge in [0.2, 0.25) is 0 Å². The van der Waals surface area contributed by atoms with Gasteiger partial charge < -0.3 is 14.5 Å². The van der Waals surface area contributed by atoms with Gasteiger partial charge in [-0.15, -0.1) is 11.3 Å². The summed E-state index contributed by atoms with van der Waals surface area (Å²) >= 11 is 1.19. The molecule has 5 nitrogen and oxygen atoms in total. The minimum absolute atomic E-state index is 0.218. The van der Waals surface area contributed by atoms with Crippen LogP contribution in [0.1, 0.15) is 22.4 Å². The molecule has 0 spiro atoms. The zero-order chi connectivity index (χ0) is 17.1. The number of halogens is 1. The van der Waals surface area contributed by atoms with Crippen LogP contribution in [0.2, 0.25) is 0 Å². The van der Waals surface area contributed by atoms with Gasteiger partial charge in [-0.05, 0) is 48.7 Å². The van der Waals surface area contributed by atoms with Crippen molar-refractivity contribution in [3.63, 3.8) is 0 Å². The summed E-state index contributed by atoms with van der Waals surface area (Å²) < 4.78 is 24.2. The van der Waals surface area contributed by atoms with Gasteiger partial charge in [0.05, 0.1) is 12.8 Å². The summed E-state index contributed by atoms with van der Waals surface area (Å²) in [6, 6.07) is 9.29. The molecule has 0 aliphatic carbocycles. The molecule has 3 rings (SSSR count). The predicted molar refractivity (Wildman–Crippen MR) is 87.2 cm³/mol. The summed E-state index contributed by atoms with van der Waals surface area (Å²) in [4.78, 5) is 24.4. The highest BCUT2D eigenvalue weighted by atomic mass is 32.1. The van der Waals surface area contributed by atoms with Gasteiger partial charge in [-0.1, -0.05) is 0 Å². The van der Waals surface area contributed by atoms with Gasteiger partial charge in [0.15, 0.2) is 6.10 Å². The van der Waals surface area contributed by atoms with Gasteiger partial charge in [0.25, 0.3) is 5.91 Å². The highest BCUT2D eigenvalue weighted by molar-refractivity contribution is 7.20. The van der Waals surface area contributed by atoms with E-state index in [1.807, 2.05) is 0 Å². The van der Waals surface area contributed by atoms with Gasteiger partial charge in [0.1, 0.15) is 16.5 Å². The van der Waals surface area contributed by atoms with Crippen LogP contribution in [0.3, 0.4) is 0 Å². The van der Waals surface area contributed by atoms with Crippen molar-refractivity contribution in [3.05, 3.63) is 59.1 Å². The molecule has 3 aromatic rings. The second kappa shape index (κ2) is 6.84. The maximum absolute atomic E-state index is 13.2. The zero-order valence-corrected chi connectivity index (χ0v) is 13.6. The molecule has 0 aliphatic rings. The zero-order valence-electron chi connectivity index (χ0n) is 12.7. The van der Waals surface area contributed by atoms with Crippen molar-refractivity contribution < 1.29 is 23.1 Å². The Morgan fingerprint density at radius 1 is 1.33 bits per heavy atom. The van der Waals surface area contributed by atoms with Crippen molar-refractivity contribution >= 4 is 33.3 Å². The number of amides is 1. The Morgan fingerprint density at radius 3 is 2.92 bits per heavy atom. The van der Waals surface area contributed by atoms with Gasteiger partial charge in [-0.3, -0.25) is 4.79 Å². The van der Waals surface area contributed by atoms with Crippen LogP contribution in [-0.4, -0.2) is 18.0 Å². The SMILES string of the molecule is C[C@H](OC(=O)c1cc2cc(F)ccc2s1)C(=O)NCc1ccco1. The fourth-order valence-corrected chi connectivity index (χ4v) is 3.04. The van der Waals surface area contributed by atoms with Gasteiger partial charge in [0, 0.05) is 4.70 Å². The van der Waals surface area contributed by atoms with E-state index >= 15 is 0 Å². The number of carbonyl (C=O) groups is 2. The van der Waals surface area contributed by atoms with Crippen LogP contribution in [0, 0.1) is 5.82 Å². The Labute approximate surface area is 141 Å². The van der Waals surface area contributed by atoms with Crippen molar-refractivity contribution in [2.75, 3.05) is 0 Å². The normalized spacial score (nSPS) is 12.1. The quantitative estimate of drug-likeness (QED) is 0.717. The third-order valence-corrected chi connectivity index (χ3v) is 4.45. The summed E-state index contributed by atoms with van der Waals surface area (Å²) in [5.41, 5.74) is 0. The van der Waals surface area contributed by atoms with E-state index in [2.05, 4.69) is 5.32 Å². The van der Waals surface area contributed by atoms with Crippen LogP contribution >= 0.6 is 11.3 Å². The molecular weight excluding hydrogens is 333 g/mol. The van der Waals surface area contributed by atoms with E-state index in [-0.39, 0.29) is 12.4 Å². The molecule has 2 heterocycles. The number of thiophene rings is 1. The van der Waals surface area contributed by atoms with E-state index in [0.29, 0.717) is 16.0 Å². The summed E-state index contributed by atoms with van der Waals surface area (Å²) in [5, 5.41) is 3.25. The Morgan fingerprint density at radius 2 is 2.17 bits per heavy atom. The smallest absolute Gasteiger partial charge is 0.349 e. The summed E-state index contributed by atoms with van der Waals surface area (Å²) in [5.74, 6) is -0.802. The van der Waals surface area contributed by atoms with Gasteiger partial charge in [-0.2, -0.15) is 0 Å². The molecule has 1 atom stereocenters. The van der Waals surface area contributed by atoms with E-state index < -0.39 is 18.0 Å². The lowest BCUT2D eigenvalue weighted by Crippen LogP contribution is -2.35. The molecule has 0 aliphatic heterocycles. The third kappa shape index (κ3) is 3.62. The maximum atomic E-state index is 13.2. The first-order valence-electron chi connectivity index (χ1n) is 7.23. The molecule has 1 aromatic carbocycles. The second-order valence-electron chi connectivity index (χ2n) is 5.14. The Hall–Kier alpha value is -2.67. The average Bonchev–Trinajstić information content (AvgIpc) is 3.21. The Kier molecular flexibility index (Phi) is 4.61. The van der Waals surface area contributed by atoms with Crippen molar-refractivity contribution in [2.24, 2.45) is 0 Å². The highest BCUT2D eigenvalue weighted by Crippen LogP contribution is 2.27. The second-order valence-corrected chi connectivity index (χ2v) is 6.22. The summed E-state index contributed by atoms with van der Waals surface area (Å²) in [7, 11) is 0. The number of esters is 1. The number of fused-ring (bicyclic) bond motifs is 1. The lowest BCUT2D eigenvalue weighted by molar-refractivity contribution is -0.129. The van der Waals surface area contributed by atoms with Crippen LogP contribution < -0.4 is 5.32 Å². The van der Waals surface area contributed by atoms with E-state index in [1.54, 1.807) is 24.3 Å². The molecule has 0 fully saturated rings. The molecule has 1 amide bonds. The number of hydrogen-bond donors (Lipinski definition) is 1. The number of nitrogens with one attached hydrogen (secondary N) is 1. The largest absolute Gasteiger partial charge is 0.467 e. The molecule has 0 saturated heterocycles. The molecule has 2 aromatic heterocycles. The first kappa shape index (κ1) is 16.2. The van der Waals surface area contributed by atoms with Crippen molar-refractivity contribution in [2.45, 2.75) is 19.6 Å². The molecule has 0 saturated carbocycles. The first-order valence-corrected chi connectivity index (χ1v) is 8.05. The van der Waals surface area contributed by atoms with E-state index in [4.69, 9.17) is 9.15 Å². The third-order valence-electron chi connectivity index (χ3n) is 3.35. The average molecular weight is 347 g/mol. The molecule has 0 bridgehead atoms. The maximum Gasteiger partial charge on any atom is 0.349 e. The molecule has 0 radical (unpaired) electrons. The molecule has 7 heteroatoms. The number of furan rings is 1. The van der Waals surface area contributed by atoms with E-state index in [9.17, 15) is 14.0 Å². The van der Waals surface area contributed by atoms with Crippen LogP contribution in [0.4, 0.5) is 4.39 Å². The number of carbonyl (C=O) groups excluding carboxylic acids is 2. The van der Waals surface area contributed by atoms with Crippen LogP contribution in [0.15, 0.2) is 47.1 Å². The number of hydrogen-bond acceptors (Lipinski definition) is 5. The van der Waals surface area contributed by atoms with Crippen LogP contribution in [0.5, 0.6) is 0 Å². The standard InChI is InChI=1S/C17H14FNO4S/c1-10(16(20)19-9-13-3-2-6-22-13)23-17(21)15-8-11-7-12(18)4-5-14(11)24-15/h2-8,10H,9H2,1H3,(H,19,20)/t10-/m0/s1. The van der Waals surface area contributed by atoms with Gasteiger partial charge >= 0.3 is 5.97 Å². The molecule has 24 heavy (non-hydrogen) atoms. The van der Waals surface area contributed by atoms with Gasteiger partial charge in [-0.25, -0.2) is 9.18 Å². The lowest BCUT2D eigenvalue weighted by Gasteiger charge is -2.12. The molecule has 0 unspecified atom stereocenters. The van der Waals surface area contributed by atoms with E-state index in [0.717, 1.165) is 4.70 Å². The highest BCUT2D eigenvalue weighted by Gasteiger charge is 2.20. The molecule has 124 valence electrons. The minimum atomic E-state index is -0.950. The fourth-order valence-electron chi connectivity index (χ4n) is 2.12. The van der Waals surface area contributed by atoms with Crippen LogP contribution in [-0.2, 0) is 16.1 Å². The monoisotopic (exact) mass is 347 g/mol. The van der Waals surface area contributed by atoms with Crippen molar-refractivity contribution in [1.82, 2.24) is 5.32 Å². The fraction of sp³-hybridized carbons (Fsp3) is 0.176. The molecule has 1 N–H and O–H groups in total. The summed E-state index contributed by atoms with van der Waals surface area (Å²) in [6.45, 7) is 1.71. The topological polar surface area (TPSA) is 68.5 Å². The molecular formula is C17H14FNO4S. The number of ether oxygens (including phenoxy) is 1. The van der Waals surface area contributed by atoms with Crippen molar-refractivity contribution in [3.8, 4) is 0 Å². The Bertz CT molecular complexity index is 872. The Balaban J connectivity index is 1.61. The van der Waals surface area contributed by atoms with E-state index in [1.165, 1.54) is 36.7 Å². The minimum Gasteiger partial charge on any atom is -0.467 e. The van der Waals surface area contributed by atoms with Crippen LogP contribution in [0.25, 0.3) is 10.1 Å². The number of benzene rings is 1. The number of rotatable bonds is 5. The summed E-state index contributed by atoms with van der Waals surface area (Å²) in [6.07, 6.45) is 0.560. The lowest BCUT2D eigenvalue weighted by atomic mass is 10.2.